The number of quaternary nitrogens is 1. The van der Waals surface area contributed by atoms with E-state index in [1.54, 1.807) is 12.1 Å². The van der Waals surface area contributed by atoms with Gasteiger partial charge in [0.2, 0.25) is 5.91 Å². The molecule has 1 atom stereocenters. The zero-order valence-corrected chi connectivity index (χ0v) is 15.9. The number of rotatable bonds is 3. The molecule has 0 bridgehead atoms. The number of carbonyl (C=O) groups excluding carboxylic acids is 2. The second kappa shape index (κ2) is 7.76. The monoisotopic (exact) mass is 381 g/mol. The number of aliphatic imine (C=N–C) groups is 1. The summed E-state index contributed by atoms with van der Waals surface area (Å²) in [6.45, 7) is 5.76. The van der Waals surface area contributed by atoms with Gasteiger partial charge in [-0.25, -0.2) is 0 Å². The first-order valence-electron chi connectivity index (χ1n) is 8.34. The Morgan fingerprint density at radius 3 is 2.84 bits per heavy atom. The highest BCUT2D eigenvalue weighted by Gasteiger charge is 2.34. The Hall–Kier alpha value is -1.57. The minimum absolute atomic E-state index is 0.112. The molecule has 2 aliphatic rings. The van der Waals surface area contributed by atoms with E-state index in [1.807, 2.05) is 13.0 Å². The first kappa shape index (κ1) is 18.2. The van der Waals surface area contributed by atoms with Crippen molar-refractivity contribution in [3.8, 4) is 0 Å². The Balaban J connectivity index is 1.54. The van der Waals surface area contributed by atoms with Gasteiger partial charge in [0, 0.05) is 17.1 Å². The molecule has 0 radical (unpaired) electrons. The smallest absolute Gasteiger partial charge is 0.262 e. The molecule has 2 heterocycles. The van der Waals surface area contributed by atoms with Crippen molar-refractivity contribution in [2.45, 2.75) is 18.6 Å². The molecule has 134 valence electrons. The van der Waals surface area contributed by atoms with E-state index >= 15 is 0 Å². The number of hydrogen-bond acceptors (Lipinski definition) is 4. The number of nitrogens with one attached hydrogen (secondary N) is 2. The van der Waals surface area contributed by atoms with E-state index in [4.69, 9.17) is 11.6 Å². The normalized spacial score (nSPS) is 21.4. The van der Waals surface area contributed by atoms with E-state index in [0.29, 0.717) is 10.7 Å². The minimum atomic E-state index is -0.442. The molecule has 2 aliphatic heterocycles. The highest BCUT2D eigenvalue weighted by Crippen LogP contribution is 2.28. The lowest BCUT2D eigenvalue weighted by Crippen LogP contribution is -3.12. The average Bonchev–Trinajstić information content (AvgIpc) is 2.92. The number of amidine groups is 1. The van der Waals surface area contributed by atoms with E-state index in [-0.39, 0.29) is 18.2 Å². The van der Waals surface area contributed by atoms with Gasteiger partial charge in [0.25, 0.3) is 5.91 Å². The number of piperazine rings is 1. The van der Waals surface area contributed by atoms with Crippen molar-refractivity contribution in [2.75, 3.05) is 38.5 Å². The Labute approximate surface area is 156 Å². The molecular weight excluding hydrogens is 360 g/mol. The van der Waals surface area contributed by atoms with Crippen molar-refractivity contribution in [1.29, 1.82) is 0 Å². The fraction of sp³-hybridized carbons (Fsp3) is 0.471. The van der Waals surface area contributed by atoms with Crippen LogP contribution in [0.4, 0.5) is 5.69 Å². The van der Waals surface area contributed by atoms with Gasteiger partial charge in [0.05, 0.1) is 33.2 Å². The number of anilines is 1. The van der Waals surface area contributed by atoms with Gasteiger partial charge in [0.1, 0.15) is 5.25 Å². The molecule has 0 unspecified atom stereocenters. The van der Waals surface area contributed by atoms with E-state index in [9.17, 15) is 9.59 Å². The molecule has 1 aromatic carbocycles. The number of hydrogen-bond donors (Lipinski definition) is 2. The predicted molar refractivity (Wildman–Crippen MR) is 101 cm³/mol. The summed E-state index contributed by atoms with van der Waals surface area (Å²) in [7, 11) is 2.16. The first-order chi connectivity index (χ1) is 11.9. The Morgan fingerprint density at radius 1 is 1.44 bits per heavy atom. The summed E-state index contributed by atoms with van der Waals surface area (Å²) in [6, 6.07) is 5.37. The summed E-state index contributed by atoms with van der Waals surface area (Å²) in [6.07, 6.45) is 0.112. The molecule has 6 nitrogen and oxygen atoms in total. The maximum Gasteiger partial charge on any atom is 0.262 e. The summed E-state index contributed by atoms with van der Waals surface area (Å²) in [5, 5.41) is 3.72. The van der Waals surface area contributed by atoms with Crippen LogP contribution < -0.4 is 10.2 Å². The Bertz CT molecular complexity index is 717. The van der Waals surface area contributed by atoms with E-state index < -0.39 is 5.25 Å². The lowest BCUT2D eigenvalue weighted by Gasteiger charge is -2.30. The van der Waals surface area contributed by atoms with Crippen molar-refractivity contribution in [2.24, 2.45) is 4.99 Å². The molecule has 1 aromatic rings. The SMILES string of the molecule is Cc1ccc(NC(=O)C[C@H]2SC(N3CC[NH+](C)CC3)=NC2=O)cc1Cl. The zero-order valence-electron chi connectivity index (χ0n) is 14.3. The number of thioether (sulfide) groups is 1. The summed E-state index contributed by atoms with van der Waals surface area (Å²) in [4.78, 5) is 32.2. The van der Waals surface area contributed by atoms with Gasteiger partial charge in [-0.15, -0.1) is 0 Å². The lowest BCUT2D eigenvalue weighted by molar-refractivity contribution is -0.883. The van der Waals surface area contributed by atoms with Crippen LogP contribution in [0.5, 0.6) is 0 Å². The molecule has 2 amide bonds. The molecular formula is C17H22ClN4O2S+. The summed E-state index contributed by atoms with van der Waals surface area (Å²) < 4.78 is 0. The third kappa shape index (κ3) is 4.54. The van der Waals surface area contributed by atoms with Gasteiger partial charge in [-0.3, -0.25) is 9.59 Å². The van der Waals surface area contributed by atoms with Gasteiger partial charge < -0.3 is 15.1 Å². The number of aryl methyl sites for hydroxylation is 1. The number of halogens is 1. The number of carbonyl (C=O) groups is 2. The van der Waals surface area contributed by atoms with Crippen LogP contribution in [0.15, 0.2) is 23.2 Å². The van der Waals surface area contributed by atoms with Crippen LogP contribution in [0.3, 0.4) is 0 Å². The fourth-order valence-electron chi connectivity index (χ4n) is 2.78. The molecule has 0 aliphatic carbocycles. The highest BCUT2D eigenvalue weighted by atomic mass is 35.5. The van der Waals surface area contributed by atoms with Crippen LogP contribution in [-0.2, 0) is 9.59 Å². The topological polar surface area (TPSA) is 66.2 Å². The summed E-state index contributed by atoms with van der Waals surface area (Å²) >= 11 is 7.47. The lowest BCUT2D eigenvalue weighted by atomic mass is 10.2. The number of nitrogens with zero attached hydrogens (tertiary/aromatic N) is 2. The van der Waals surface area contributed by atoms with Gasteiger partial charge in [-0.1, -0.05) is 29.4 Å². The predicted octanol–water partition coefficient (Wildman–Crippen LogP) is 0.805. The largest absolute Gasteiger partial charge is 0.340 e. The fourth-order valence-corrected chi connectivity index (χ4v) is 4.07. The molecule has 3 rings (SSSR count). The van der Waals surface area contributed by atoms with Crippen molar-refractivity contribution in [3.63, 3.8) is 0 Å². The molecule has 1 saturated heterocycles. The van der Waals surface area contributed by atoms with Gasteiger partial charge in [-0.2, -0.15) is 4.99 Å². The standard InChI is InChI=1S/C17H21ClN4O2S/c1-11-3-4-12(9-13(11)18)19-15(23)10-14-16(24)20-17(25-14)22-7-5-21(2)6-8-22/h3-4,9,14H,5-8,10H2,1-2H3,(H,19,23)/p+1/t14-/m1/s1. The second-order valence-corrected chi connectivity index (χ2v) is 8.08. The van der Waals surface area contributed by atoms with Crippen LogP contribution in [0.1, 0.15) is 12.0 Å². The van der Waals surface area contributed by atoms with Crippen LogP contribution in [0, 0.1) is 6.92 Å². The maximum absolute atomic E-state index is 12.2. The highest BCUT2D eigenvalue weighted by molar-refractivity contribution is 8.15. The zero-order chi connectivity index (χ0) is 18.0. The van der Waals surface area contributed by atoms with Crippen molar-refractivity contribution in [1.82, 2.24) is 4.90 Å². The van der Waals surface area contributed by atoms with Crippen LogP contribution in [0.2, 0.25) is 5.02 Å². The molecule has 0 saturated carbocycles. The van der Waals surface area contributed by atoms with Gasteiger partial charge in [0.15, 0.2) is 5.17 Å². The quantitative estimate of drug-likeness (QED) is 0.813. The summed E-state index contributed by atoms with van der Waals surface area (Å²) in [5.74, 6) is -0.423. The Kier molecular flexibility index (Phi) is 5.66. The van der Waals surface area contributed by atoms with Crippen LogP contribution >= 0.6 is 23.4 Å². The molecule has 2 N–H and O–H groups in total. The number of amides is 2. The average molecular weight is 382 g/mol. The molecule has 1 fully saturated rings. The minimum Gasteiger partial charge on any atom is -0.340 e. The molecule has 8 heteroatoms. The third-order valence-electron chi connectivity index (χ3n) is 4.44. The molecule has 25 heavy (non-hydrogen) atoms. The van der Waals surface area contributed by atoms with Crippen molar-refractivity contribution < 1.29 is 14.5 Å². The second-order valence-electron chi connectivity index (χ2n) is 6.50. The third-order valence-corrected chi connectivity index (χ3v) is 6.06. The molecule has 0 spiro atoms. The van der Waals surface area contributed by atoms with E-state index in [1.165, 1.54) is 16.7 Å². The van der Waals surface area contributed by atoms with Gasteiger partial charge in [-0.05, 0) is 24.6 Å². The Morgan fingerprint density at radius 2 is 2.16 bits per heavy atom. The molecule has 0 aromatic heterocycles. The van der Waals surface area contributed by atoms with Crippen LogP contribution in [-0.4, -0.2) is 60.4 Å². The maximum atomic E-state index is 12.2. The summed E-state index contributed by atoms with van der Waals surface area (Å²) in [5.41, 5.74) is 1.59. The van der Waals surface area contributed by atoms with Gasteiger partial charge >= 0.3 is 0 Å². The van der Waals surface area contributed by atoms with Crippen molar-refractivity contribution in [3.05, 3.63) is 28.8 Å². The van der Waals surface area contributed by atoms with Crippen molar-refractivity contribution >= 4 is 46.0 Å². The number of likely N-dealkylation sites (N-methyl/N-ethyl adjacent to an activating group) is 1. The van der Waals surface area contributed by atoms with Crippen LogP contribution in [0.25, 0.3) is 0 Å². The van der Waals surface area contributed by atoms with E-state index in [2.05, 4.69) is 22.3 Å². The first-order valence-corrected chi connectivity index (χ1v) is 9.59. The number of benzene rings is 1. The van der Waals surface area contributed by atoms with E-state index in [0.717, 1.165) is 36.9 Å².